The Morgan fingerprint density at radius 3 is 2.51 bits per heavy atom. The molecule has 1 aliphatic heterocycles. The van der Waals surface area contributed by atoms with Crippen LogP contribution in [0.2, 0.25) is 0 Å². The van der Waals surface area contributed by atoms with Crippen molar-refractivity contribution in [1.82, 2.24) is 9.47 Å². The molecule has 2 aliphatic rings. The van der Waals surface area contributed by atoms with Crippen LogP contribution >= 0.6 is 0 Å². The summed E-state index contributed by atoms with van der Waals surface area (Å²) < 4.78 is 2.37. The van der Waals surface area contributed by atoms with E-state index >= 15 is 0 Å². The van der Waals surface area contributed by atoms with Gasteiger partial charge < -0.3 is 24.6 Å². The number of carboxylic acids is 1. The van der Waals surface area contributed by atoms with Crippen molar-refractivity contribution in [3.8, 4) is 11.3 Å². The van der Waals surface area contributed by atoms with Gasteiger partial charge in [0.25, 0.3) is 0 Å². The van der Waals surface area contributed by atoms with Gasteiger partial charge in [-0.2, -0.15) is 0 Å². The van der Waals surface area contributed by atoms with Gasteiger partial charge in [-0.25, -0.2) is 4.79 Å². The van der Waals surface area contributed by atoms with Crippen LogP contribution in [-0.2, 0) is 6.54 Å². The quantitative estimate of drug-likeness (QED) is 0.401. The number of likely N-dealkylation sites (N-methyl/N-ethyl adjacent to an activating group) is 1. The summed E-state index contributed by atoms with van der Waals surface area (Å²) in [5.41, 5.74) is 7.58. The molecule has 5 rings (SSSR count). The highest BCUT2D eigenvalue weighted by molar-refractivity contribution is 5.99. The number of nitrogens with zero attached hydrogens (tertiary/aromatic N) is 3. The van der Waals surface area contributed by atoms with Crippen LogP contribution in [0.5, 0.6) is 0 Å². The number of anilines is 1. The molecule has 37 heavy (non-hydrogen) atoms. The highest BCUT2D eigenvalue weighted by Gasteiger charge is 2.31. The summed E-state index contributed by atoms with van der Waals surface area (Å²) in [5.74, 6) is -0.403. The van der Waals surface area contributed by atoms with Crippen molar-refractivity contribution in [1.29, 1.82) is 0 Å². The molecule has 2 heterocycles. The molecule has 1 unspecified atom stereocenters. The number of rotatable bonds is 8. The first-order valence-electron chi connectivity index (χ1n) is 14.1. The third-order valence-electron chi connectivity index (χ3n) is 8.50. The number of aryl methyl sites for hydroxylation is 1. The predicted octanol–water partition coefficient (Wildman–Crippen LogP) is 5.89. The maximum atomic E-state index is 11.9. The second kappa shape index (κ2) is 10.9. The maximum absolute atomic E-state index is 11.9. The smallest absolute Gasteiger partial charge is 0.335 e. The molecule has 3 aromatic rings. The first-order chi connectivity index (χ1) is 17.9. The molecule has 1 fully saturated rings. The molecule has 1 aliphatic carbocycles. The Kier molecular flexibility index (Phi) is 7.59. The molecule has 1 saturated carbocycles. The van der Waals surface area contributed by atoms with Gasteiger partial charge in [0.15, 0.2) is 0 Å². The number of aliphatic hydroxyl groups is 1. The fraction of sp³-hybridized carbons (Fsp3) is 0.516. The number of hydrogen-bond donors (Lipinski definition) is 2. The summed E-state index contributed by atoms with van der Waals surface area (Å²) in [5, 5.41) is 22.0. The highest BCUT2D eigenvalue weighted by atomic mass is 16.4. The van der Waals surface area contributed by atoms with Crippen molar-refractivity contribution < 1.29 is 15.0 Å². The van der Waals surface area contributed by atoms with Gasteiger partial charge in [0.1, 0.15) is 0 Å². The van der Waals surface area contributed by atoms with Gasteiger partial charge in [-0.15, -0.1) is 0 Å². The first-order valence-corrected chi connectivity index (χ1v) is 14.1. The molecule has 0 saturated heterocycles. The largest absolute Gasteiger partial charge is 0.478 e. The molecule has 6 heteroatoms. The lowest BCUT2D eigenvalue weighted by Crippen LogP contribution is -2.41. The van der Waals surface area contributed by atoms with E-state index in [-0.39, 0.29) is 0 Å². The van der Waals surface area contributed by atoms with Crippen molar-refractivity contribution in [2.45, 2.75) is 71.4 Å². The molecule has 2 aromatic carbocycles. The molecule has 1 aromatic heterocycles. The molecular weight excluding hydrogens is 462 g/mol. The van der Waals surface area contributed by atoms with E-state index in [4.69, 9.17) is 0 Å². The third kappa shape index (κ3) is 5.01. The van der Waals surface area contributed by atoms with E-state index in [0.29, 0.717) is 24.6 Å². The molecule has 1 atom stereocenters. The Bertz CT molecular complexity index is 1270. The Balaban J connectivity index is 1.65. The number of aliphatic hydroxyl groups excluding tert-OH is 1. The number of benzene rings is 2. The summed E-state index contributed by atoms with van der Waals surface area (Å²) in [4.78, 5) is 16.5. The first kappa shape index (κ1) is 25.8. The summed E-state index contributed by atoms with van der Waals surface area (Å²) in [6.07, 6.45) is 5.70. The number of hydrogen-bond acceptors (Lipinski definition) is 4. The van der Waals surface area contributed by atoms with E-state index in [2.05, 4.69) is 53.3 Å². The number of β-amino-alcohol motifs (C(OH)–C–C–N with tert-alkyl or cyclic N) is 1. The van der Waals surface area contributed by atoms with Gasteiger partial charge in [0.05, 0.1) is 17.4 Å². The molecular formula is C31H41N3O3. The standard InChI is InChI=1S/C31H41N3O3/c1-4-32(5-2)19-24(35)20-33-15-16-34-28-18-23(31(36)37)12-14-25(28)29(22-9-7-6-8-10-22)30(34)26-13-11-21(3)17-27(26)33/h11-14,17-18,22,24,35H,4-10,15-16,19-20H2,1-3H3,(H,36,37). The lowest BCUT2D eigenvalue weighted by Gasteiger charge is -2.30. The van der Waals surface area contributed by atoms with Crippen molar-refractivity contribution >= 4 is 22.6 Å². The van der Waals surface area contributed by atoms with E-state index in [0.717, 1.165) is 31.7 Å². The zero-order chi connectivity index (χ0) is 26.1. The van der Waals surface area contributed by atoms with Crippen LogP contribution in [0.1, 0.15) is 73.4 Å². The third-order valence-corrected chi connectivity index (χ3v) is 8.50. The van der Waals surface area contributed by atoms with Gasteiger partial charge in [0, 0.05) is 48.3 Å². The molecule has 2 N–H and O–H groups in total. The number of carbonyl (C=O) groups is 1. The molecule has 6 nitrogen and oxygen atoms in total. The van der Waals surface area contributed by atoms with Gasteiger partial charge >= 0.3 is 5.97 Å². The average Bonchev–Trinajstić information content (AvgIpc) is 3.15. The second-order valence-electron chi connectivity index (χ2n) is 10.9. The molecule has 0 bridgehead atoms. The Morgan fingerprint density at radius 2 is 1.81 bits per heavy atom. The number of carboxylic acid groups (broad SMARTS) is 1. The minimum absolute atomic E-state index is 0.336. The lowest BCUT2D eigenvalue weighted by molar-refractivity contribution is 0.0697. The lowest BCUT2D eigenvalue weighted by atomic mass is 9.81. The highest BCUT2D eigenvalue weighted by Crippen LogP contribution is 2.47. The van der Waals surface area contributed by atoms with Crippen LogP contribution in [0.25, 0.3) is 22.2 Å². The Morgan fingerprint density at radius 1 is 1.05 bits per heavy atom. The fourth-order valence-electron chi connectivity index (χ4n) is 6.56. The summed E-state index contributed by atoms with van der Waals surface area (Å²) in [6.45, 7) is 11.0. The average molecular weight is 504 g/mol. The summed E-state index contributed by atoms with van der Waals surface area (Å²) >= 11 is 0. The van der Waals surface area contributed by atoms with Gasteiger partial charge in [-0.1, -0.05) is 51.3 Å². The van der Waals surface area contributed by atoms with Crippen LogP contribution in [-0.4, -0.2) is 64.5 Å². The molecule has 0 radical (unpaired) electrons. The SMILES string of the molecule is CCN(CC)CC(O)CN1CCn2c(c(C3CCCCC3)c3ccc(C(=O)O)cc32)-c2ccc(C)cc21. The van der Waals surface area contributed by atoms with Gasteiger partial charge in [-0.3, -0.25) is 0 Å². The summed E-state index contributed by atoms with van der Waals surface area (Å²) in [7, 11) is 0. The van der Waals surface area contributed by atoms with Gasteiger partial charge in [-0.05, 0) is 68.1 Å². The minimum atomic E-state index is -0.887. The molecule has 0 amide bonds. The van der Waals surface area contributed by atoms with Crippen molar-refractivity contribution in [2.24, 2.45) is 0 Å². The van der Waals surface area contributed by atoms with E-state index in [1.807, 2.05) is 12.1 Å². The van der Waals surface area contributed by atoms with E-state index in [1.54, 1.807) is 6.07 Å². The minimum Gasteiger partial charge on any atom is -0.478 e. The zero-order valence-corrected chi connectivity index (χ0v) is 22.5. The maximum Gasteiger partial charge on any atom is 0.335 e. The van der Waals surface area contributed by atoms with Crippen LogP contribution in [0.4, 0.5) is 5.69 Å². The fourth-order valence-corrected chi connectivity index (χ4v) is 6.56. The molecule has 198 valence electrons. The monoisotopic (exact) mass is 503 g/mol. The molecule has 0 spiro atoms. The number of fused-ring (bicyclic) bond motifs is 5. The number of aromatic carboxylic acids is 1. The second-order valence-corrected chi connectivity index (χ2v) is 10.9. The van der Waals surface area contributed by atoms with E-state index in [9.17, 15) is 15.0 Å². The van der Waals surface area contributed by atoms with Crippen LogP contribution in [0.15, 0.2) is 36.4 Å². The predicted molar refractivity (Wildman–Crippen MR) is 151 cm³/mol. The Hall–Kier alpha value is -2.83. The van der Waals surface area contributed by atoms with E-state index < -0.39 is 12.1 Å². The van der Waals surface area contributed by atoms with Crippen LogP contribution in [0, 0.1) is 6.92 Å². The van der Waals surface area contributed by atoms with Gasteiger partial charge in [0.2, 0.25) is 0 Å². The van der Waals surface area contributed by atoms with Crippen LogP contribution < -0.4 is 4.90 Å². The topological polar surface area (TPSA) is 68.9 Å². The van der Waals surface area contributed by atoms with Crippen molar-refractivity contribution in [3.63, 3.8) is 0 Å². The zero-order valence-electron chi connectivity index (χ0n) is 22.5. The van der Waals surface area contributed by atoms with Crippen LogP contribution in [0.3, 0.4) is 0 Å². The number of aromatic nitrogens is 1. The van der Waals surface area contributed by atoms with Crippen molar-refractivity contribution in [3.05, 3.63) is 53.1 Å². The summed E-state index contributed by atoms with van der Waals surface area (Å²) in [6, 6.07) is 12.4. The normalized spacial score (nSPS) is 17.1. The van der Waals surface area contributed by atoms with Crippen molar-refractivity contribution in [2.75, 3.05) is 37.6 Å². The van der Waals surface area contributed by atoms with E-state index in [1.165, 1.54) is 65.6 Å². The Labute approximate surface area is 220 Å².